The summed E-state index contributed by atoms with van der Waals surface area (Å²) in [4.78, 5) is 18.9. The molecule has 0 spiro atoms. The van der Waals surface area contributed by atoms with E-state index in [1.807, 2.05) is 18.2 Å². The van der Waals surface area contributed by atoms with E-state index in [0.29, 0.717) is 30.9 Å². The van der Waals surface area contributed by atoms with Crippen molar-refractivity contribution in [2.45, 2.75) is 30.3 Å². The van der Waals surface area contributed by atoms with Gasteiger partial charge in [0.15, 0.2) is 5.84 Å². The second-order valence-electron chi connectivity index (χ2n) is 6.28. The normalized spacial score (nSPS) is 20.5. The van der Waals surface area contributed by atoms with Gasteiger partial charge in [-0.05, 0) is 37.1 Å². The van der Waals surface area contributed by atoms with Gasteiger partial charge in [0.05, 0.1) is 12.2 Å². The van der Waals surface area contributed by atoms with Gasteiger partial charge in [0.1, 0.15) is 10.9 Å². The van der Waals surface area contributed by atoms with Gasteiger partial charge in [-0.25, -0.2) is 0 Å². The van der Waals surface area contributed by atoms with E-state index in [4.69, 9.17) is 0 Å². The summed E-state index contributed by atoms with van der Waals surface area (Å²) >= 11 is 0. The molecule has 8 heteroatoms. The number of carbonyl (C=O) groups is 1. The van der Waals surface area contributed by atoms with Crippen molar-refractivity contribution in [3.8, 4) is 0 Å². The maximum atomic E-state index is 12.7. The van der Waals surface area contributed by atoms with E-state index in [-0.39, 0.29) is 10.8 Å². The number of rotatable bonds is 3. The molecule has 1 aromatic carbocycles. The first kappa shape index (κ1) is 16.7. The van der Waals surface area contributed by atoms with Crippen LogP contribution in [0.4, 0.5) is 0 Å². The molecule has 2 aliphatic heterocycles. The Morgan fingerprint density at radius 2 is 2.00 bits per heavy atom. The number of aromatic nitrogens is 1. The molecule has 7 nitrogen and oxygen atoms in total. The Hall–Kier alpha value is -2.74. The molecule has 0 unspecified atom stereocenters. The Balaban J connectivity index is 1.55. The van der Waals surface area contributed by atoms with Crippen LogP contribution >= 0.6 is 0 Å². The molecule has 0 saturated carbocycles. The number of nitrogens with one attached hydrogen (secondary N) is 1. The number of carbonyl (C=O) groups excluding carboxylic acids is 1. The van der Waals surface area contributed by atoms with Crippen LogP contribution in [0.2, 0.25) is 0 Å². The molecule has 134 valence electrons. The minimum atomic E-state index is -3.69. The first-order valence-electron chi connectivity index (χ1n) is 8.45. The third-order valence-electron chi connectivity index (χ3n) is 4.61. The summed E-state index contributed by atoms with van der Waals surface area (Å²) in [6, 6.07) is 11.8. The van der Waals surface area contributed by atoms with Crippen LogP contribution in [0.25, 0.3) is 0 Å². The highest BCUT2D eigenvalue weighted by Crippen LogP contribution is 2.31. The molecule has 2 aromatic rings. The summed E-state index contributed by atoms with van der Waals surface area (Å²) in [7, 11) is -3.69. The van der Waals surface area contributed by atoms with Crippen molar-refractivity contribution >= 4 is 21.8 Å². The zero-order valence-corrected chi connectivity index (χ0v) is 14.8. The van der Waals surface area contributed by atoms with E-state index >= 15 is 0 Å². The zero-order chi connectivity index (χ0) is 18.1. The largest absolute Gasteiger partial charge is 0.349 e. The predicted molar refractivity (Wildman–Crippen MR) is 96.0 cm³/mol. The quantitative estimate of drug-likeness (QED) is 0.880. The first-order chi connectivity index (χ1) is 12.6. The lowest BCUT2D eigenvalue weighted by molar-refractivity contribution is -0.124. The lowest BCUT2D eigenvalue weighted by atomic mass is 10.1. The zero-order valence-electron chi connectivity index (χ0n) is 14.0. The fraction of sp³-hybridized carbons (Fsp3) is 0.278. The summed E-state index contributed by atoms with van der Waals surface area (Å²) in [5.74, 6) is 0.230. The Morgan fingerprint density at radius 1 is 1.19 bits per heavy atom. The van der Waals surface area contributed by atoms with Gasteiger partial charge >= 0.3 is 0 Å². The summed E-state index contributed by atoms with van der Waals surface area (Å²) in [5.41, 5.74) is 1.34. The highest BCUT2D eigenvalue weighted by atomic mass is 32.2. The van der Waals surface area contributed by atoms with Crippen LogP contribution in [0.5, 0.6) is 0 Å². The average Bonchev–Trinajstić information content (AvgIpc) is 3.24. The fourth-order valence-electron chi connectivity index (χ4n) is 3.39. The minimum absolute atomic E-state index is 0.141. The topological polar surface area (TPSA) is 91.7 Å². The van der Waals surface area contributed by atoms with Crippen LogP contribution in [0.15, 0.2) is 58.0 Å². The van der Waals surface area contributed by atoms with E-state index in [1.54, 1.807) is 35.4 Å². The Bertz CT molecular complexity index is 973. The number of pyridine rings is 1. The molecule has 2 aliphatic rings. The van der Waals surface area contributed by atoms with E-state index in [9.17, 15) is 13.2 Å². The van der Waals surface area contributed by atoms with Gasteiger partial charge < -0.3 is 10.2 Å². The Labute approximate surface area is 151 Å². The highest BCUT2D eigenvalue weighted by Gasteiger charge is 2.39. The summed E-state index contributed by atoms with van der Waals surface area (Å²) < 4.78 is 28.5. The molecule has 26 heavy (non-hydrogen) atoms. The summed E-state index contributed by atoms with van der Waals surface area (Å²) in [5, 5.41) is 2.89. The average molecular weight is 370 g/mol. The molecule has 1 atom stereocenters. The van der Waals surface area contributed by atoms with Gasteiger partial charge in [-0.3, -0.25) is 9.78 Å². The molecule has 1 amide bonds. The van der Waals surface area contributed by atoms with Gasteiger partial charge in [-0.1, -0.05) is 18.2 Å². The summed E-state index contributed by atoms with van der Waals surface area (Å²) in [6.07, 6.45) is 3.15. The summed E-state index contributed by atoms with van der Waals surface area (Å²) in [6.45, 7) is 0.940. The Kier molecular flexibility index (Phi) is 4.20. The SMILES string of the molecule is O=C(NCc1ccccn1)[C@@H]1CCCN1C1=NS(=O)(=O)c2ccccc21. The Morgan fingerprint density at radius 3 is 2.81 bits per heavy atom. The fourth-order valence-corrected chi connectivity index (χ4v) is 4.60. The molecule has 4 rings (SSSR count). The lowest BCUT2D eigenvalue weighted by Crippen LogP contribution is -2.45. The molecule has 1 fully saturated rings. The maximum Gasteiger partial charge on any atom is 0.285 e. The van der Waals surface area contributed by atoms with Crippen molar-refractivity contribution in [3.05, 3.63) is 59.9 Å². The van der Waals surface area contributed by atoms with Crippen molar-refractivity contribution in [2.24, 2.45) is 4.40 Å². The number of likely N-dealkylation sites (tertiary alicyclic amines) is 1. The number of amides is 1. The van der Waals surface area contributed by atoms with E-state index < -0.39 is 16.1 Å². The van der Waals surface area contributed by atoms with Gasteiger partial charge in [-0.2, -0.15) is 8.42 Å². The van der Waals surface area contributed by atoms with E-state index in [0.717, 1.165) is 12.1 Å². The van der Waals surface area contributed by atoms with Crippen molar-refractivity contribution in [1.82, 2.24) is 15.2 Å². The maximum absolute atomic E-state index is 12.7. The molecule has 3 heterocycles. The van der Waals surface area contributed by atoms with Crippen molar-refractivity contribution in [1.29, 1.82) is 0 Å². The molecule has 1 saturated heterocycles. The van der Waals surface area contributed by atoms with Crippen LogP contribution in [0, 0.1) is 0 Å². The number of fused-ring (bicyclic) bond motifs is 1. The number of hydrogen-bond acceptors (Lipinski definition) is 5. The van der Waals surface area contributed by atoms with Crippen LogP contribution in [-0.2, 0) is 21.4 Å². The molecular formula is C18H18N4O3S. The highest BCUT2D eigenvalue weighted by molar-refractivity contribution is 7.90. The second kappa shape index (κ2) is 6.53. The van der Waals surface area contributed by atoms with Crippen LogP contribution in [0.1, 0.15) is 24.1 Å². The smallest absolute Gasteiger partial charge is 0.285 e. The monoisotopic (exact) mass is 370 g/mol. The number of benzene rings is 1. The number of sulfonamides is 1. The predicted octanol–water partition coefficient (Wildman–Crippen LogP) is 1.31. The van der Waals surface area contributed by atoms with Gasteiger partial charge in [0.25, 0.3) is 10.0 Å². The number of amidine groups is 1. The van der Waals surface area contributed by atoms with Gasteiger partial charge in [0, 0.05) is 18.3 Å². The van der Waals surface area contributed by atoms with Gasteiger partial charge in [0.2, 0.25) is 5.91 Å². The van der Waals surface area contributed by atoms with Crippen molar-refractivity contribution < 1.29 is 13.2 Å². The number of nitrogens with zero attached hydrogens (tertiary/aromatic N) is 3. The first-order valence-corrected chi connectivity index (χ1v) is 9.89. The molecule has 1 aromatic heterocycles. The van der Waals surface area contributed by atoms with Crippen molar-refractivity contribution in [2.75, 3.05) is 6.54 Å². The van der Waals surface area contributed by atoms with E-state index in [1.165, 1.54) is 0 Å². The lowest BCUT2D eigenvalue weighted by Gasteiger charge is -2.25. The second-order valence-corrected chi connectivity index (χ2v) is 7.85. The van der Waals surface area contributed by atoms with Crippen LogP contribution in [0.3, 0.4) is 0 Å². The standard InChI is InChI=1S/C18H18N4O3S/c23-18(20-12-13-6-3-4-10-19-13)15-8-5-11-22(15)17-14-7-1-2-9-16(14)26(24,25)21-17/h1-4,6-7,9-10,15H,5,8,11-12H2,(H,20,23)/t15-/m0/s1. The molecule has 1 N–H and O–H groups in total. The van der Waals surface area contributed by atoms with E-state index in [2.05, 4.69) is 14.7 Å². The van der Waals surface area contributed by atoms with Crippen LogP contribution in [-0.4, -0.2) is 42.6 Å². The third-order valence-corrected chi connectivity index (χ3v) is 5.94. The molecule has 0 radical (unpaired) electrons. The third kappa shape index (κ3) is 2.96. The minimum Gasteiger partial charge on any atom is -0.349 e. The molecule has 0 bridgehead atoms. The molecule has 0 aliphatic carbocycles. The number of hydrogen-bond donors (Lipinski definition) is 1. The molecular weight excluding hydrogens is 352 g/mol. The van der Waals surface area contributed by atoms with Gasteiger partial charge in [-0.15, -0.1) is 4.40 Å². The van der Waals surface area contributed by atoms with Crippen molar-refractivity contribution in [3.63, 3.8) is 0 Å². The van der Waals surface area contributed by atoms with Crippen LogP contribution < -0.4 is 5.32 Å².